The molecule has 3 fully saturated rings. The Morgan fingerprint density at radius 2 is 2.22 bits per heavy atom. The molecular weight excluding hydrogens is 300 g/mol. The molecule has 2 heterocycles. The monoisotopic (exact) mass is 324 g/mol. The highest BCUT2D eigenvalue weighted by atomic mass is 16.7. The van der Waals surface area contributed by atoms with Crippen molar-refractivity contribution >= 4 is 5.97 Å². The zero-order valence-corrected chi connectivity index (χ0v) is 13.7. The summed E-state index contributed by atoms with van der Waals surface area (Å²) in [5.41, 5.74) is -0.777. The molecule has 4 aliphatic rings. The lowest BCUT2D eigenvalue weighted by molar-refractivity contribution is -0.229. The summed E-state index contributed by atoms with van der Waals surface area (Å²) in [7, 11) is 0. The summed E-state index contributed by atoms with van der Waals surface area (Å²) in [6.07, 6.45) is 1.08. The molecule has 1 spiro atoms. The number of rotatable bonds is 2. The minimum Gasteiger partial charge on any atom is -0.459 e. The van der Waals surface area contributed by atoms with Gasteiger partial charge in [0.2, 0.25) is 0 Å². The van der Waals surface area contributed by atoms with Gasteiger partial charge in [-0.15, -0.1) is 0 Å². The van der Waals surface area contributed by atoms with Crippen molar-refractivity contribution in [2.45, 2.75) is 63.6 Å². The topological polar surface area (TPSA) is 88.5 Å². The van der Waals surface area contributed by atoms with Gasteiger partial charge in [-0.2, -0.15) is 0 Å². The SMILES string of the molecule is CC(=O)O[C@@H]1[C@@H](O)[C@H]2O[C@@H]3C=C(C)CC[C@]3(CO)C1(C)C21CO1. The number of aliphatic hydroxyl groups excluding tert-OH is 2. The predicted octanol–water partition coefficient (Wildman–Crippen LogP) is 0.554. The van der Waals surface area contributed by atoms with Gasteiger partial charge >= 0.3 is 5.97 Å². The number of aliphatic hydroxyl groups is 2. The number of esters is 1. The molecule has 128 valence electrons. The Balaban J connectivity index is 1.88. The third-order valence-corrected chi connectivity index (χ3v) is 6.83. The molecule has 2 aliphatic carbocycles. The van der Waals surface area contributed by atoms with Gasteiger partial charge in [0.25, 0.3) is 0 Å². The molecule has 1 saturated carbocycles. The molecule has 4 rings (SSSR count). The van der Waals surface area contributed by atoms with E-state index in [2.05, 4.69) is 0 Å². The highest BCUT2D eigenvalue weighted by molar-refractivity contribution is 5.66. The molecule has 7 atom stereocenters. The fourth-order valence-electron chi connectivity index (χ4n) is 5.40. The standard InChI is InChI=1S/C17H24O6/c1-9-4-5-16(7-18)11(6-9)23-14-12(20)13(22-10(2)19)15(16,3)17(14)8-21-17/h6,11-14,18,20H,4-5,7-8H2,1-3H3/t11-,12-,13-,14-,15?,16-,17?/m1/s1. The number of carbonyl (C=O) groups excluding carboxylic acids is 1. The number of epoxide rings is 1. The van der Waals surface area contributed by atoms with E-state index in [1.54, 1.807) is 0 Å². The van der Waals surface area contributed by atoms with Gasteiger partial charge in [0, 0.05) is 12.3 Å². The molecule has 0 radical (unpaired) electrons. The van der Waals surface area contributed by atoms with E-state index in [0.717, 1.165) is 12.8 Å². The summed E-state index contributed by atoms with van der Waals surface area (Å²) in [5.74, 6) is -0.439. The third kappa shape index (κ3) is 1.60. The van der Waals surface area contributed by atoms with Crippen LogP contribution >= 0.6 is 0 Å². The first-order valence-electron chi connectivity index (χ1n) is 8.25. The Morgan fingerprint density at radius 1 is 1.52 bits per heavy atom. The van der Waals surface area contributed by atoms with Crippen molar-refractivity contribution in [3.8, 4) is 0 Å². The summed E-state index contributed by atoms with van der Waals surface area (Å²) in [4.78, 5) is 11.6. The van der Waals surface area contributed by atoms with Crippen LogP contribution in [-0.4, -0.2) is 59.4 Å². The van der Waals surface area contributed by atoms with Crippen molar-refractivity contribution < 1.29 is 29.2 Å². The molecule has 2 N–H and O–H groups in total. The maximum absolute atomic E-state index is 11.6. The van der Waals surface area contributed by atoms with Crippen molar-refractivity contribution in [2.75, 3.05) is 13.2 Å². The number of hydrogen-bond acceptors (Lipinski definition) is 6. The van der Waals surface area contributed by atoms with Crippen LogP contribution in [0.2, 0.25) is 0 Å². The van der Waals surface area contributed by atoms with Crippen LogP contribution in [0.3, 0.4) is 0 Å². The fourth-order valence-corrected chi connectivity index (χ4v) is 5.40. The second kappa shape index (κ2) is 4.57. The molecule has 2 unspecified atom stereocenters. The van der Waals surface area contributed by atoms with Crippen LogP contribution in [0.4, 0.5) is 0 Å². The average molecular weight is 324 g/mol. The summed E-state index contributed by atoms with van der Waals surface area (Å²) >= 11 is 0. The fraction of sp³-hybridized carbons (Fsp3) is 0.824. The molecule has 2 saturated heterocycles. The number of ether oxygens (including phenoxy) is 3. The Kier molecular flexibility index (Phi) is 3.09. The quantitative estimate of drug-likeness (QED) is 0.438. The number of hydrogen-bond donors (Lipinski definition) is 2. The van der Waals surface area contributed by atoms with Gasteiger partial charge in [0.15, 0.2) is 0 Å². The maximum Gasteiger partial charge on any atom is 0.303 e. The van der Waals surface area contributed by atoms with Gasteiger partial charge in [-0.1, -0.05) is 18.6 Å². The summed E-state index contributed by atoms with van der Waals surface area (Å²) in [6.45, 7) is 5.73. The first-order chi connectivity index (χ1) is 10.8. The van der Waals surface area contributed by atoms with E-state index in [-0.39, 0.29) is 12.7 Å². The molecule has 0 aromatic carbocycles. The van der Waals surface area contributed by atoms with E-state index in [9.17, 15) is 15.0 Å². The van der Waals surface area contributed by atoms with Crippen molar-refractivity contribution in [3.05, 3.63) is 11.6 Å². The number of fused-ring (bicyclic) bond motifs is 2. The molecule has 23 heavy (non-hydrogen) atoms. The van der Waals surface area contributed by atoms with Crippen LogP contribution in [0.25, 0.3) is 0 Å². The largest absolute Gasteiger partial charge is 0.459 e. The van der Waals surface area contributed by atoms with E-state index in [4.69, 9.17) is 14.2 Å². The van der Waals surface area contributed by atoms with E-state index in [1.165, 1.54) is 12.5 Å². The Bertz CT molecular complexity index is 582. The Morgan fingerprint density at radius 3 is 2.78 bits per heavy atom. The number of allylic oxidation sites excluding steroid dienone is 1. The zero-order valence-electron chi connectivity index (χ0n) is 13.7. The molecule has 6 nitrogen and oxygen atoms in total. The Hall–Kier alpha value is -0.950. The average Bonchev–Trinajstić information content (AvgIpc) is 3.28. The highest BCUT2D eigenvalue weighted by Crippen LogP contribution is 2.71. The normalized spacial score (nSPS) is 53.7. The van der Waals surface area contributed by atoms with Gasteiger partial charge in [0.05, 0.1) is 24.7 Å². The van der Waals surface area contributed by atoms with Crippen LogP contribution < -0.4 is 0 Å². The predicted molar refractivity (Wildman–Crippen MR) is 79.5 cm³/mol. The van der Waals surface area contributed by atoms with Crippen molar-refractivity contribution in [1.29, 1.82) is 0 Å². The van der Waals surface area contributed by atoms with E-state index in [0.29, 0.717) is 6.61 Å². The van der Waals surface area contributed by atoms with Gasteiger partial charge in [-0.25, -0.2) is 0 Å². The minimum atomic E-state index is -0.950. The summed E-state index contributed by atoms with van der Waals surface area (Å²) in [6, 6.07) is 0. The van der Waals surface area contributed by atoms with Gasteiger partial charge < -0.3 is 24.4 Å². The highest BCUT2D eigenvalue weighted by Gasteiger charge is 2.85. The van der Waals surface area contributed by atoms with Gasteiger partial charge in [-0.05, 0) is 19.8 Å². The van der Waals surface area contributed by atoms with Crippen molar-refractivity contribution in [1.82, 2.24) is 0 Å². The molecule has 6 heteroatoms. The number of carbonyl (C=O) groups is 1. The first kappa shape index (κ1) is 15.6. The van der Waals surface area contributed by atoms with E-state index in [1.807, 2.05) is 19.9 Å². The minimum absolute atomic E-state index is 0.0970. The van der Waals surface area contributed by atoms with Gasteiger partial charge in [-0.3, -0.25) is 4.79 Å². The molecule has 2 aliphatic heterocycles. The summed E-state index contributed by atoms with van der Waals surface area (Å²) in [5, 5.41) is 21.1. The molecule has 0 aromatic rings. The van der Waals surface area contributed by atoms with Crippen LogP contribution in [0.1, 0.15) is 33.6 Å². The second-order valence-electron chi connectivity index (χ2n) is 7.71. The smallest absolute Gasteiger partial charge is 0.303 e. The van der Waals surface area contributed by atoms with Crippen molar-refractivity contribution in [3.63, 3.8) is 0 Å². The lowest BCUT2D eigenvalue weighted by Crippen LogP contribution is -2.66. The Labute approximate surface area is 135 Å². The van der Waals surface area contributed by atoms with Gasteiger partial charge in [0.1, 0.15) is 23.9 Å². The second-order valence-corrected chi connectivity index (χ2v) is 7.71. The third-order valence-electron chi connectivity index (χ3n) is 6.83. The van der Waals surface area contributed by atoms with E-state index >= 15 is 0 Å². The summed E-state index contributed by atoms with van der Waals surface area (Å²) < 4.78 is 17.6. The van der Waals surface area contributed by atoms with Crippen LogP contribution in [0.5, 0.6) is 0 Å². The van der Waals surface area contributed by atoms with Crippen LogP contribution in [0.15, 0.2) is 11.6 Å². The lowest BCUT2D eigenvalue weighted by atomic mass is 9.51. The first-order valence-corrected chi connectivity index (χ1v) is 8.25. The van der Waals surface area contributed by atoms with E-state index < -0.39 is 40.7 Å². The van der Waals surface area contributed by atoms with Crippen LogP contribution in [0, 0.1) is 10.8 Å². The maximum atomic E-state index is 11.6. The lowest BCUT2D eigenvalue weighted by Gasteiger charge is -2.57. The molecule has 0 amide bonds. The zero-order chi connectivity index (χ0) is 16.6. The van der Waals surface area contributed by atoms with Crippen LogP contribution in [-0.2, 0) is 19.0 Å². The molecule has 2 bridgehead atoms. The molecule has 0 aromatic heterocycles. The van der Waals surface area contributed by atoms with Crippen molar-refractivity contribution in [2.24, 2.45) is 10.8 Å². The molecular formula is C17H24O6.